The molecule has 1 amide bonds. The van der Waals surface area contributed by atoms with Crippen LogP contribution in [0.5, 0.6) is 0 Å². The van der Waals surface area contributed by atoms with Crippen molar-refractivity contribution in [3.05, 3.63) is 81.0 Å². The molecular formula is C17H11BrN2O4. The summed E-state index contributed by atoms with van der Waals surface area (Å²) in [6.45, 7) is 0. The number of rotatable bonds is 4. The van der Waals surface area contributed by atoms with Crippen molar-refractivity contribution < 1.29 is 14.1 Å². The molecule has 0 spiro atoms. The molecule has 0 aliphatic carbocycles. The maximum atomic E-state index is 12.3. The van der Waals surface area contributed by atoms with Gasteiger partial charge in [0.05, 0.1) is 10.6 Å². The molecule has 3 aromatic rings. The van der Waals surface area contributed by atoms with Gasteiger partial charge < -0.3 is 9.73 Å². The quantitative estimate of drug-likeness (QED) is 0.511. The van der Waals surface area contributed by atoms with E-state index in [9.17, 15) is 14.9 Å². The third-order valence-electron chi connectivity index (χ3n) is 3.29. The number of nitro groups is 1. The summed E-state index contributed by atoms with van der Waals surface area (Å²) in [6, 6.07) is 16.4. The van der Waals surface area contributed by atoms with Crippen LogP contribution in [0.4, 0.5) is 11.4 Å². The zero-order valence-corrected chi connectivity index (χ0v) is 13.8. The maximum absolute atomic E-state index is 12.3. The molecule has 0 saturated carbocycles. The Hall–Kier alpha value is -2.93. The average Bonchev–Trinajstić information content (AvgIpc) is 3.07. The number of nitrogens with zero attached hydrogens (tertiary/aromatic N) is 1. The summed E-state index contributed by atoms with van der Waals surface area (Å²) in [5, 5.41) is 13.6. The Kier molecular flexibility index (Phi) is 4.43. The lowest BCUT2D eigenvalue weighted by molar-refractivity contribution is -0.384. The number of anilines is 1. The van der Waals surface area contributed by atoms with E-state index in [1.807, 2.05) is 12.1 Å². The molecule has 3 rings (SSSR count). The zero-order chi connectivity index (χ0) is 17.1. The van der Waals surface area contributed by atoms with Gasteiger partial charge in [-0.15, -0.1) is 0 Å². The van der Waals surface area contributed by atoms with Crippen LogP contribution in [-0.2, 0) is 0 Å². The second-order valence-corrected chi connectivity index (χ2v) is 5.76. The fraction of sp³-hybridized carbons (Fsp3) is 0. The Balaban J connectivity index is 1.83. The van der Waals surface area contributed by atoms with E-state index in [0.717, 1.165) is 4.47 Å². The highest BCUT2D eigenvalue weighted by molar-refractivity contribution is 9.10. The molecule has 0 saturated heterocycles. The summed E-state index contributed by atoms with van der Waals surface area (Å²) in [7, 11) is 0. The van der Waals surface area contributed by atoms with Gasteiger partial charge in [0, 0.05) is 22.2 Å². The molecule has 1 N–H and O–H groups in total. The predicted molar refractivity (Wildman–Crippen MR) is 92.9 cm³/mol. The lowest BCUT2D eigenvalue weighted by atomic mass is 10.1. The molecule has 1 heterocycles. The van der Waals surface area contributed by atoms with E-state index in [-0.39, 0.29) is 11.4 Å². The van der Waals surface area contributed by atoms with Crippen molar-refractivity contribution >= 4 is 33.2 Å². The van der Waals surface area contributed by atoms with Gasteiger partial charge in [-0.05, 0) is 40.2 Å². The van der Waals surface area contributed by atoms with E-state index < -0.39 is 10.8 Å². The average molecular weight is 387 g/mol. The minimum Gasteiger partial charge on any atom is -0.451 e. The number of benzene rings is 2. The molecule has 120 valence electrons. The van der Waals surface area contributed by atoms with Crippen LogP contribution in [0.1, 0.15) is 10.6 Å². The summed E-state index contributed by atoms with van der Waals surface area (Å²) in [4.78, 5) is 22.6. The van der Waals surface area contributed by atoms with Crippen LogP contribution in [0.2, 0.25) is 0 Å². The van der Waals surface area contributed by atoms with Gasteiger partial charge in [-0.1, -0.05) is 24.3 Å². The number of halogens is 1. The van der Waals surface area contributed by atoms with Gasteiger partial charge in [0.1, 0.15) is 5.76 Å². The number of furan rings is 1. The van der Waals surface area contributed by atoms with Crippen molar-refractivity contribution in [2.24, 2.45) is 0 Å². The van der Waals surface area contributed by atoms with E-state index in [2.05, 4.69) is 21.2 Å². The van der Waals surface area contributed by atoms with Crippen molar-refractivity contribution in [2.45, 2.75) is 0 Å². The van der Waals surface area contributed by atoms with E-state index in [0.29, 0.717) is 17.0 Å². The minimum atomic E-state index is -0.479. The standard InChI is InChI=1S/C17H11BrN2O4/c18-13-6-1-2-7-14(13)19-17(21)16-9-8-15(24-16)11-4-3-5-12(10-11)20(22)23/h1-10H,(H,19,21). The predicted octanol–water partition coefficient (Wildman–Crippen LogP) is 4.87. The highest BCUT2D eigenvalue weighted by Crippen LogP contribution is 2.27. The van der Waals surface area contributed by atoms with Gasteiger partial charge in [0.15, 0.2) is 5.76 Å². The number of amides is 1. The Morgan fingerprint density at radius 1 is 1.08 bits per heavy atom. The summed E-state index contributed by atoms with van der Waals surface area (Å²) in [5.41, 5.74) is 1.11. The molecule has 24 heavy (non-hydrogen) atoms. The van der Waals surface area contributed by atoms with Crippen molar-refractivity contribution in [1.29, 1.82) is 0 Å². The van der Waals surface area contributed by atoms with Gasteiger partial charge in [-0.25, -0.2) is 0 Å². The van der Waals surface area contributed by atoms with Crippen LogP contribution in [0.25, 0.3) is 11.3 Å². The van der Waals surface area contributed by atoms with Crippen molar-refractivity contribution in [3.8, 4) is 11.3 Å². The highest BCUT2D eigenvalue weighted by atomic mass is 79.9. The number of nitrogens with one attached hydrogen (secondary N) is 1. The molecule has 0 atom stereocenters. The molecule has 7 heteroatoms. The second kappa shape index (κ2) is 6.67. The third-order valence-corrected chi connectivity index (χ3v) is 3.98. The molecule has 0 bridgehead atoms. The van der Waals surface area contributed by atoms with Crippen molar-refractivity contribution in [3.63, 3.8) is 0 Å². The first-order valence-electron chi connectivity index (χ1n) is 6.95. The molecule has 0 fully saturated rings. The molecule has 0 aliphatic rings. The number of hydrogen-bond acceptors (Lipinski definition) is 4. The Labute approximate surface area is 145 Å². The molecular weight excluding hydrogens is 376 g/mol. The fourth-order valence-corrected chi connectivity index (χ4v) is 2.52. The topological polar surface area (TPSA) is 85.4 Å². The van der Waals surface area contributed by atoms with E-state index in [4.69, 9.17) is 4.42 Å². The molecule has 0 radical (unpaired) electrons. The van der Waals surface area contributed by atoms with E-state index in [1.165, 1.54) is 18.2 Å². The monoisotopic (exact) mass is 386 g/mol. The van der Waals surface area contributed by atoms with Crippen LogP contribution in [0.3, 0.4) is 0 Å². The summed E-state index contributed by atoms with van der Waals surface area (Å²) >= 11 is 3.35. The van der Waals surface area contributed by atoms with Gasteiger partial charge in [-0.2, -0.15) is 0 Å². The van der Waals surface area contributed by atoms with Crippen molar-refractivity contribution in [2.75, 3.05) is 5.32 Å². The largest absolute Gasteiger partial charge is 0.451 e. The van der Waals surface area contributed by atoms with Gasteiger partial charge in [0.2, 0.25) is 0 Å². The first kappa shape index (κ1) is 15.9. The number of para-hydroxylation sites is 1. The van der Waals surface area contributed by atoms with Crippen LogP contribution < -0.4 is 5.32 Å². The fourth-order valence-electron chi connectivity index (χ4n) is 2.13. The zero-order valence-electron chi connectivity index (χ0n) is 12.2. The van der Waals surface area contributed by atoms with Gasteiger partial charge >= 0.3 is 0 Å². The van der Waals surface area contributed by atoms with Crippen LogP contribution >= 0.6 is 15.9 Å². The molecule has 0 aliphatic heterocycles. The van der Waals surface area contributed by atoms with Gasteiger partial charge in [-0.3, -0.25) is 14.9 Å². The minimum absolute atomic E-state index is 0.0388. The Morgan fingerprint density at radius 2 is 1.88 bits per heavy atom. The molecule has 0 unspecified atom stereocenters. The van der Waals surface area contributed by atoms with Crippen molar-refractivity contribution in [1.82, 2.24) is 0 Å². The Bertz CT molecular complexity index is 920. The summed E-state index contributed by atoms with van der Waals surface area (Å²) in [5.74, 6) is 0.0989. The Morgan fingerprint density at radius 3 is 2.62 bits per heavy atom. The second-order valence-electron chi connectivity index (χ2n) is 4.91. The smallest absolute Gasteiger partial charge is 0.291 e. The number of non-ortho nitro benzene ring substituents is 1. The summed E-state index contributed by atoms with van der Waals surface area (Å²) in [6.07, 6.45) is 0. The SMILES string of the molecule is O=C(Nc1ccccc1Br)c1ccc(-c2cccc([N+](=O)[O-])c2)o1. The maximum Gasteiger partial charge on any atom is 0.291 e. The van der Waals surface area contributed by atoms with Crippen LogP contribution in [-0.4, -0.2) is 10.8 Å². The third kappa shape index (κ3) is 3.36. The highest BCUT2D eigenvalue weighted by Gasteiger charge is 2.15. The van der Waals surface area contributed by atoms with Gasteiger partial charge in [0.25, 0.3) is 11.6 Å². The van der Waals surface area contributed by atoms with Crippen LogP contribution in [0.15, 0.2) is 69.6 Å². The molecule has 6 nitrogen and oxygen atoms in total. The molecule has 1 aromatic heterocycles. The number of hydrogen-bond donors (Lipinski definition) is 1. The lowest BCUT2D eigenvalue weighted by Crippen LogP contribution is -2.11. The number of carbonyl (C=O) groups excluding carboxylic acids is 1. The first-order valence-corrected chi connectivity index (χ1v) is 7.74. The number of carbonyl (C=O) groups is 1. The lowest BCUT2D eigenvalue weighted by Gasteiger charge is -2.05. The van der Waals surface area contributed by atoms with Crippen LogP contribution in [0, 0.1) is 10.1 Å². The summed E-state index contributed by atoms with van der Waals surface area (Å²) < 4.78 is 6.28. The normalized spacial score (nSPS) is 10.4. The first-order chi connectivity index (χ1) is 11.5. The number of nitro benzene ring substituents is 1. The van der Waals surface area contributed by atoms with E-state index >= 15 is 0 Å². The molecule has 2 aromatic carbocycles. The van der Waals surface area contributed by atoms with E-state index in [1.54, 1.807) is 30.3 Å².